The topological polar surface area (TPSA) is 15.3 Å². The van der Waals surface area contributed by atoms with Crippen LogP contribution in [0.5, 0.6) is 0 Å². The molecule has 1 aliphatic rings. The molecule has 1 atom stereocenters. The Balaban J connectivity index is 1.58. The highest BCUT2D eigenvalue weighted by atomic mass is 32.1. The second kappa shape index (κ2) is 8.72. The fraction of sp³-hybridized carbons (Fsp3) is 0.750. The first kappa shape index (κ1) is 15.0. The van der Waals surface area contributed by atoms with Gasteiger partial charge in [0.25, 0.3) is 0 Å². The van der Waals surface area contributed by atoms with Crippen molar-refractivity contribution in [2.45, 2.75) is 51.5 Å². The van der Waals surface area contributed by atoms with E-state index in [1.165, 1.54) is 57.2 Å². The summed E-state index contributed by atoms with van der Waals surface area (Å²) in [6.07, 6.45) is 8.13. The van der Waals surface area contributed by atoms with Crippen LogP contribution in [0.2, 0.25) is 0 Å². The van der Waals surface area contributed by atoms with Crippen molar-refractivity contribution in [1.82, 2.24) is 10.2 Å². The molecule has 2 nitrogen and oxygen atoms in total. The Labute approximate surface area is 122 Å². The molecule has 1 aromatic heterocycles. The molecule has 1 aromatic rings. The SMILES string of the molecule is CCCC1CCCCN1CCNCCc1ccsc1. The summed E-state index contributed by atoms with van der Waals surface area (Å²) in [5.74, 6) is 0. The molecule has 0 saturated carbocycles. The highest BCUT2D eigenvalue weighted by Gasteiger charge is 2.20. The Morgan fingerprint density at radius 3 is 3.11 bits per heavy atom. The average Bonchev–Trinajstić information content (AvgIpc) is 2.94. The van der Waals surface area contributed by atoms with Crippen molar-refractivity contribution in [3.05, 3.63) is 22.4 Å². The van der Waals surface area contributed by atoms with Crippen molar-refractivity contribution in [2.24, 2.45) is 0 Å². The summed E-state index contributed by atoms with van der Waals surface area (Å²) in [6.45, 7) is 7.12. The number of hydrogen-bond acceptors (Lipinski definition) is 3. The van der Waals surface area contributed by atoms with Gasteiger partial charge in [-0.3, -0.25) is 4.90 Å². The van der Waals surface area contributed by atoms with E-state index in [2.05, 4.69) is 34.0 Å². The van der Waals surface area contributed by atoms with Crippen LogP contribution in [0.1, 0.15) is 44.6 Å². The molecule has 108 valence electrons. The third-order valence-corrected chi connectivity index (χ3v) is 4.85. The first-order valence-corrected chi connectivity index (χ1v) is 8.80. The summed E-state index contributed by atoms with van der Waals surface area (Å²) in [4.78, 5) is 2.71. The number of nitrogens with one attached hydrogen (secondary N) is 1. The summed E-state index contributed by atoms with van der Waals surface area (Å²) >= 11 is 1.80. The number of rotatable bonds is 8. The zero-order valence-corrected chi connectivity index (χ0v) is 13.1. The van der Waals surface area contributed by atoms with E-state index in [0.717, 1.165) is 19.1 Å². The van der Waals surface area contributed by atoms with Gasteiger partial charge >= 0.3 is 0 Å². The van der Waals surface area contributed by atoms with Gasteiger partial charge in [0.15, 0.2) is 0 Å². The van der Waals surface area contributed by atoms with Gasteiger partial charge in [0, 0.05) is 19.1 Å². The van der Waals surface area contributed by atoms with E-state index in [0.29, 0.717) is 0 Å². The highest BCUT2D eigenvalue weighted by Crippen LogP contribution is 2.20. The molecular formula is C16H28N2S. The van der Waals surface area contributed by atoms with Crippen molar-refractivity contribution in [3.8, 4) is 0 Å². The maximum absolute atomic E-state index is 3.60. The van der Waals surface area contributed by atoms with E-state index >= 15 is 0 Å². The van der Waals surface area contributed by atoms with Gasteiger partial charge in [-0.25, -0.2) is 0 Å². The standard InChI is InChI=1S/C16H28N2S/c1-2-5-16-6-3-4-11-18(16)12-10-17-9-7-15-8-13-19-14-15/h8,13-14,16-17H,2-7,9-12H2,1H3. The minimum Gasteiger partial charge on any atom is -0.315 e. The summed E-state index contributed by atoms with van der Waals surface area (Å²) in [7, 11) is 0. The maximum Gasteiger partial charge on any atom is 0.0110 e. The lowest BCUT2D eigenvalue weighted by atomic mass is 9.98. The Morgan fingerprint density at radius 1 is 1.37 bits per heavy atom. The van der Waals surface area contributed by atoms with Crippen LogP contribution >= 0.6 is 11.3 Å². The Morgan fingerprint density at radius 2 is 2.32 bits per heavy atom. The van der Waals surface area contributed by atoms with Crippen molar-refractivity contribution in [3.63, 3.8) is 0 Å². The molecule has 1 N–H and O–H groups in total. The molecule has 19 heavy (non-hydrogen) atoms. The molecule has 0 amide bonds. The number of likely N-dealkylation sites (tertiary alicyclic amines) is 1. The number of piperidine rings is 1. The number of hydrogen-bond donors (Lipinski definition) is 1. The molecule has 0 radical (unpaired) electrons. The molecule has 0 aliphatic carbocycles. The van der Waals surface area contributed by atoms with Gasteiger partial charge in [0.1, 0.15) is 0 Å². The van der Waals surface area contributed by atoms with Crippen molar-refractivity contribution < 1.29 is 0 Å². The minimum absolute atomic E-state index is 0.859. The smallest absolute Gasteiger partial charge is 0.0110 e. The van der Waals surface area contributed by atoms with Crippen molar-refractivity contribution >= 4 is 11.3 Å². The largest absolute Gasteiger partial charge is 0.315 e. The maximum atomic E-state index is 3.60. The first-order valence-electron chi connectivity index (χ1n) is 7.86. The summed E-state index contributed by atoms with van der Waals surface area (Å²) in [6, 6.07) is 3.09. The zero-order chi connectivity index (χ0) is 13.3. The highest BCUT2D eigenvalue weighted by molar-refractivity contribution is 7.07. The van der Waals surface area contributed by atoms with E-state index < -0.39 is 0 Å². The van der Waals surface area contributed by atoms with Gasteiger partial charge in [0.05, 0.1) is 0 Å². The van der Waals surface area contributed by atoms with E-state index in [1.807, 2.05) is 0 Å². The normalized spacial score (nSPS) is 20.8. The first-order chi connectivity index (χ1) is 9.40. The number of nitrogens with zero attached hydrogens (tertiary/aromatic N) is 1. The lowest BCUT2D eigenvalue weighted by Gasteiger charge is -2.35. The van der Waals surface area contributed by atoms with E-state index in [1.54, 1.807) is 11.3 Å². The van der Waals surface area contributed by atoms with Crippen molar-refractivity contribution in [1.29, 1.82) is 0 Å². The predicted molar refractivity (Wildman–Crippen MR) is 85.0 cm³/mol. The molecule has 1 aliphatic heterocycles. The van der Waals surface area contributed by atoms with Gasteiger partial charge in [-0.2, -0.15) is 11.3 Å². The zero-order valence-electron chi connectivity index (χ0n) is 12.2. The second-order valence-electron chi connectivity index (χ2n) is 5.61. The molecular weight excluding hydrogens is 252 g/mol. The van der Waals surface area contributed by atoms with Crippen LogP contribution in [0.3, 0.4) is 0 Å². The molecule has 0 bridgehead atoms. The van der Waals surface area contributed by atoms with E-state index in [4.69, 9.17) is 0 Å². The molecule has 1 fully saturated rings. The lowest BCUT2D eigenvalue weighted by molar-refractivity contribution is 0.140. The van der Waals surface area contributed by atoms with Crippen LogP contribution in [0, 0.1) is 0 Å². The third kappa shape index (κ3) is 5.25. The molecule has 1 unspecified atom stereocenters. The second-order valence-corrected chi connectivity index (χ2v) is 6.39. The van der Waals surface area contributed by atoms with Crippen LogP contribution in [0.25, 0.3) is 0 Å². The van der Waals surface area contributed by atoms with E-state index in [-0.39, 0.29) is 0 Å². The fourth-order valence-electron chi connectivity index (χ4n) is 3.03. The van der Waals surface area contributed by atoms with Gasteiger partial charge < -0.3 is 5.32 Å². The molecule has 2 rings (SSSR count). The molecule has 3 heteroatoms. The van der Waals surface area contributed by atoms with Crippen molar-refractivity contribution in [2.75, 3.05) is 26.2 Å². The summed E-state index contributed by atoms with van der Waals surface area (Å²) in [5.41, 5.74) is 1.47. The van der Waals surface area contributed by atoms with Crippen LogP contribution in [-0.4, -0.2) is 37.1 Å². The average molecular weight is 280 g/mol. The van der Waals surface area contributed by atoms with Crippen LogP contribution in [-0.2, 0) is 6.42 Å². The quantitative estimate of drug-likeness (QED) is 0.733. The van der Waals surface area contributed by atoms with Gasteiger partial charge in [-0.15, -0.1) is 0 Å². The third-order valence-electron chi connectivity index (χ3n) is 4.12. The van der Waals surface area contributed by atoms with Crippen LogP contribution < -0.4 is 5.32 Å². The van der Waals surface area contributed by atoms with Gasteiger partial charge in [-0.1, -0.05) is 19.8 Å². The van der Waals surface area contributed by atoms with Crippen LogP contribution in [0.4, 0.5) is 0 Å². The van der Waals surface area contributed by atoms with Crippen LogP contribution in [0.15, 0.2) is 16.8 Å². The monoisotopic (exact) mass is 280 g/mol. The van der Waals surface area contributed by atoms with Gasteiger partial charge in [0.2, 0.25) is 0 Å². The summed E-state index contributed by atoms with van der Waals surface area (Å²) in [5, 5.41) is 8.02. The number of thiophene rings is 1. The Hall–Kier alpha value is -0.380. The Kier molecular flexibility index (Phi) is 6.90. The Bertz CT molecular complexity index is 321. The molecule has 2 heterocycles. The lowest BCUT2D eigenvalue weighted by Crippen LogP contribution is -2.43. The van der Waals surface area contributed by atoms with E-state index in [9.17, 15) is 0 Å². The minimum atomic E-state index is 0.859. The molecule has 1 saturated heterocycles. The summed E-state index contributed by atoms with van der Waals surface area (Å²) < 4.78 is 0. The molecule has 0 aromatic carbocycles. The van der Waals surface area contributed by atoms with Gasteiger partial charge in [-0.05, 0) is 61.2 Å². The fourth-order valence-corrected chi connectivity index (χ4v) is 3.73. The molecule has 0 spiro atoms. The predicted octanol–water partition coefficient (Wildman–Crippen LogP) is 3.53.